The number of fused-ring (bicyclic) bond motifs is 9. The molecule has 0 saturated heterocycles. The lowest BCUT2D eigenvalue weighted by atomic mass is 9.68. The summed E-state index contributed by atoms with van der Waals surface area (Å²) in [6, 6.07) is 89.2. The van der Waals surface area contributed by atoms with E-state index in [4.69, 9.17) is 4.42 Å². The molecule has 65 heavy (non-hydrogen) atoms. The molecule has 0 spiro atoms. The number of anilines is 3. The number of hydrogen-bond acceptors (Lipinski definition) is 2. The minimum Gasteiger partial charge on any atom is -0.456 e. The molecule has 10 aromatic carbocycles. The third-order valence-corrected chi connectivity index (χ3v) is 14.4. The number of rotatable bonds is 7. The zero-order chi connectivity index (χ0) is 43.1. The number of furan rings is 1. The Kier molecular flexibility index (Phi) is 8.29. The summed E-state index contributed by atoms with van der Waals surface area (Å²) < 4.78 is 6.34. The molecule has 2 nitrogen and oxygen atoms in total. The monoisotopic (exact) mass is 829 g/mol. The van der Waals surface area contributed by atoms with Gasteiger partial charge in [-0.25, -0.2) is 0 Å². The van der Waals surface area contributed by atoms with E-state index in [1.54, 1.807) is 0 Å². The second kappa shape index (κ2) is 14.4. The van der Waals surface area contributed by atoms with Crippen LogP contribution in [0.15, 0.2) is 247 Å². The van der Waals surface area contributed by atoms with Gasteiger partial charge in [-0.2, -0.15) is 0 Å². The van der Waals surface area contributed by atoms with Crippen LogP contribution in [0.3, 0.4) is 0 Å². The lowest BCUT2D eigenvalue weighted by molar-refractivity contribution is 0.669. The van der Waals surface area contributed by atoms with E-state index in [0.29, 0.717) is 0 Å². The second-order valence-corrected chi connectivity index (χ2v) is 17.7. The van der Waals surface area contributed by atoms with E-state index in [2.05, 4.69) is 248 Å². The predicted octanol–water partition coefficient (Wildman–Crippen LogP) is 16.4. The van der Waals surface area contributed by atoms with Gasteiger partial charge >= 0.3 is 0 Å². The minimum atomic E-state index is -0.484. The van der Waals surface area contributed by atoms with Crippen molar-refractivity contribution >= 4 is 39.0 Å². The van der Waals surface area contributed by atoms with Crippen LogP contribution in [0.2, 0.25) is 0 Å². The van der Waals surface area contributed by atoms with Crippen molar-refractivity contribution in [3.63, 3.8) is 0 Å². The van der Waals surface area contributed by atoms with Crippen LogP contribution in [-0.4, -0.2) is 0 Å². The van der Waals surface area contributed by atoms with E-state index in [0.717, 1.165) is 50.1 Å². The van der Waals surface area contributed by atoms with Gasteiger partial charge < -0.3 is 9.32 Å². The largest absolute Gasteiger partial charge is 0.456 e. The van der Waals surface area contributed by atoms with Gasteiger partial charge in [-0.3, -0.25) is 0 Å². The molecule has 11 aromatic rings. The molecule has 2 aliphatic carbocycles. The maximum Gasteiger partial charge on any atom is 0.136 e. The topological polar surface area (TPSA) is 16.4 Å². The van der Waals surface area contributed by atoms with Crippen LogP contribution in [0.25, 0.3) is 55.3 Å². The van der Waals surface area contributed by atoms with Crippen LogP contribution < -0.4 is 4.90 Å². The number of benzene rings is 10. The Hall–Kier alpha value is -8.20. The van der Waals surface area contributed by atoms with Crippen molar-refractivity contribution in [2.24, 2.45) is 0 Å². The van der Waals surface area contributed by atoms with Gasteiger partial charge in [0.2, 0.25) is 0 Å². The molecule has 0 saturated carbocycles. The van der Waals surface area contributed by atoms with E-state index in [1.165, 1.54) is 61.2 Å². The molecular formula is C63H43NO. The van der Waals surface area contributed by atoms with Crippen LogP contribution in [0.5, 0.6) is 0 Å². The molecule has 1 heterocycles. The third-order valence-electron chi connectivity index (χ3n) is 14.4. The molecule has 0 aliphatic heterocycles. The van der Waals surface area contributed by atoms with Crippen molar-refractivity contribution in [3.8, 4) is 33.4 Å². The van der Waals surface area contributed by atoms with Crippen LogP contribution in [0.4, 0.5) is 17.1 Å². The van der Waals surface area contributed by atoms with Crippen LogP contribution in [0.1, 0.15) is 45.9 Å². The van der Waals surface area contributed by atoms with Gasteiger partial charge in [0.15, 0.2) is 0 Å². The Labute approximate surface area is 379 Å². The minimum absolute atomic E-state index is 0.341. The smallest absolute Gasteiger partial charge is 0.136 e. The molecule has 1 atom stereocenters. The normalized spacial score (nSPS) is 15.3. The summed E-state index contributed by atoms with van der Waals surface area (Å²) >= 11 is 0. The maximum atomic E-state index is 6.34. The van der Waals surface area contributed by atoms with Crippen molar-refractivity contribution in [1.82, 2.24) is 0 Å². The summed E-state index contributed by atoms with van der Waals surface area (Å²) in [5.74, 6) is 0. The fraction of sp³-hybridized carbons (Fsp3) is 0.0476. The van der Waals surface area contributed by atoms with Crippen molar-refractivity contribution < 1.29 is 4.42 Å². The van der Waals surface area contributed by atoms with Crippen LogP contribution in [-0.2, 0) is 10.8 Å². The maximum absolute atomic E-state index is 6.34. The quantitative estimate of drug-likeness (QED) is 0.159. The highest BCUT2D eigenvalue weighted by Gasteiger charge is 2.47. The summed E-state index contributed by atoms with van der Waals surface area (Å²) in [4.78, 5) is 2.50. The van der Waals surface area contributed by atoms with Crippen molar-refractivity contribution in [2.45, 2.75) is 17.8 Å². The Morgan fingerprint density at radius 1 is 0.369 bits per heavy atom. The zero-order valence-corrected chi connectivity index (χ0v) is 35.9. The standard InChI is InChI=1S/C63H43NO/c1-62(43-19-5-2-6-20-43)53-29-14-12-26-50(53)61-56(62)31-18-32-57(61)64(46-37-35-42(36-38-46)48-28-17-34-59-60(48)51-27-13-16-33-58(51)65-59)47-39-40-55-52(41-47)49-25-11-15-30-54(49)63(55,44-21-7-3-8-22-44)45-23-9-4-10-24-45/h2-41H,1H3. The van der Waals surface area contributed by atoms with E-state index < -0.39 is 5.41 Å². The first-order chi connectivity index (χ1) is 32.1. The molecule has 0 amide bonds. The number of hydrogen-bond donors (Lipinski definition) is 0. The highest BCUT2D eigenvalue weighted by atomic mass is 16.3. The Balaban J connectivity index is 1.06. The van der Waals surface area contributed by atoms with Gasteiger partial charge in [-0.05, 0) is 116 Å². The Bertz CT molecular complexity index is 3570. The molecule has 306 valence electrons. The molecule has 1 unspecified atom stereocenters. The van der Waals surface area contributed by atoms with E-state index in [1.807, 2.05) is 6.07 Å². The number of nitrogens with zero attached hydrogens (tertiary/aromatic N) is 1. The van der Waals surface area contributed by atoms with E-state index in [9.17, 15) is 0 Å². The molecular weight excluding hydrogens is 787 g/mol. The summed E-state index contributed by atoms with van der Waals surface area (Å²) in [5.41, 5.74) is 20.7. The fourth-order valence-electron chi connectivity index (χ4n) is 11.6. The zero-order valence-electron chi connectivity index (χ0n) is 35.9. The fourth-order valence-corrected chi connectivity index (χ4v) is 11.6. The van der Waals surface area contributed by atoms with Gasteiger partial charge in [-0.15, -0.1) is 0 Å². The Morgan fingerprint density at radius 3 is 1.65 bits per heavy atom. The first-order valence-corrected chi connectivity index (χ1v) is 22.6. The summed E-state index contributed by atoms with van der Waals surface area (Å²) in [6.07, 6.45) is 0. The van der Waals surface area contributed by atoms with Crippen molar-refractivity contribution in [1.29, 1.82) is 0 Å². The molecule has 0 bridgehead atoms. The molecule has 0 N–H and O–H groups in total. The molecule has 2 aliphatic rings. The SMILES string of the molecule is CC1(c2ccccc2)c2ccccc2-c2c(N(c3ccc(-c4cccc5oc6ccccc6c45)cc3)c3ccc4c(c3)-c3ccccc3C4(c3ccccc3)c3ccccc3)cccc21. The first kappa shape index (κ1) is 37.4. The summed E-state index contributed by atoms with van der Waals surface area (Å²) in [6.45, 7) is 2.40. The lowest BCUT2D eigenvalue weighted by Crippen LogP contribution is -2.28. The van der Waals surface area contributed by atoms with Gasteiger partial charge in [0, 0.05) is 33.1 Å². The van der Waals surface area contributed by atoms with Crippen molar-refractivity contribution in [2.75, 3.05) is 4.90 Å². The van der Waals surface area contributed by atoms with Gasteiger partial charge in [-0.1, -0.05) is 200 Å². The predicted molar refractivity (Wildman–Crippen MR) is 269 cm³/mol. The second-order valence-electron chi connectivity index (χ2n) is 17.7. The third kappa shape index (κ3) is 5.35. The highest BCUT2D eigenvalue weighted by Crippen LogP contribution is 2.59. The van der Waals surface area contributed by atoms with E-state index >= 15 is 0 Å². The van der Waals surface area contributed by atoms with Crippen LogP contribution in [0, 0.1) is 0 Å². The highest BCUT2D eigenvalue weighted by molar-refractivity contribution is 6.12. The molecule has 13 rings (SSSR count). The molecule has 0 fully saturated rings. The lowest BCUT2D eigenvalue weighted by Gasteiger charge is -2.34. The van der Waals surface area contributed by atoms with Gasteiger partial charge in [0.25, 0.3) is 0 Å². The summed E-state index contributed by atoms with van der Waals surface area (Å²) in [7, 11) is 0. The summed E-state index contributed by atoms with van der Waals surface area (Å²) in [5, 5.41) is 2.27. The first-order valence-electron chi connectivity index (χ1n) is 22.6. The molecule has 0 radical (unpaired) electrons. The number of para-hydroxylation sites is 1. The average Bonchev–Trinajstić information content (AvgIpc) is 4.00. The molecule has 1 aromatic heterocycles. The van der Waals surface area contributed by atoms with Gasteiger partial charge in [0.05, 0.1) is 11.1 Å². The average molecular weight is 830 g/mol. The van der Waals surface area contributed by atoms with Crippen LogP contribution >= 0.6 is 0 Å². The molecule has 2 heteroatoms. The van der Waals surface area contributed by atoms with Gasteiger partial charge in [0.1, 0.15) is 11.2 Å². The van der Waals surface area contributed by atoms with Crippen molar-refractivity contribution in [3.05, 3.63) is 282 Å². The Morgan fingerprint density at radius 2 is 0.908 bits per heavy atom. The van der Waals surface area contributed by atoms with E-state index in [-0.39, 0.29) is 5.41 Å².